The van der Waals surface area contributed by atoms with E-state index < -0.39 is 58.3 Å². The zero-order valence-electron chi connectivity index (χ0n) is 20.2. The Labute approximate surface area is 224 Å². The van der Waals surface area contributed by atoms with Gasteiger partial charge in [-0.25, -0.2) is 9.59 Å². The van der Waals surface area contributed by atoms with Crippen LogP contribution in [-0.4, -0.2) is 54.1 Å². The number of carboxylic acids is 2. The number of rotatable bonds is 3. The first-order valence-corrected chi connectivity index (χ1v) is 11.9. The van der Waals surface area contributed by atoms with Crippen molar-refractivity contribution >= 4 is 23.5 Å². The summed E-state index contributed by atoms with van der Waals surface area (Å²) in [5.74, 6) is -8.61. The normalized spacial score (nSPS) is 16.9. The van der Waals surface area contributed by atoms with Crippen molar-refractivity contribution in [3.8, 4) is 23.0 Å². The second-order valence-electron chi connectivity index (χ2n) is 9.63. The molecule has 2 aliphatic rings. The van der Waals surface area contributed by atoms with Crippen LogP contribution in [0.25, 0.3) is 0 Å². The molecule has 198 valence electrons. The highest BCUT2D eigenvalue weighted by atomic mass is 16.4. The average Bonchev–Trinajstić information content (AvgIpc) is 2.89. The molecule has 0 fully saturated rings. The highest BCUT2D eigenvalue weighted by Crippen LogP contribution is 2.55. The second-order valence-corrected chi connectivity index (χ2v) is 9.63. The van der Waals surface area contributed by atoms with Crippen molar-refractivity contribution < 1.29 is 49.8 Å². The molecule has 0 bridgehead atoms. The Bertz CT molecular complexity index is 1720. The van der Waals surface area contributed by atoms with Crippen molar-refractivity contribution in [3.05, 3.63) is 116 Å². The number of fused-ring (bicyclic) bond motifs is 4. The molecule has 0 radical (unpaired) electrons. The molecule has 0 saturated carbocycles. The minimum Gasteiger partial charge on any atom is -0.507 e. The number of aromatic carboxylic acids is 2. The number of aromatic hydroxyl groups is 4. The number of phenols is 4. The van der Waals surface area contributed by atoms with Crippen LogP contribution in [0.15, 0.2) is 60.7 Å². The van der Waals surface area contributed by atoms with Gasteiger partial charge >= 0.3 is 11.9 Å². The van der Waals surface area contributed by atoms with E-state index in [1.54, 1.807) is 0 Å². The van der Waals surface area contributed by atoms with Crippen LogP contribution in [0, 0.1) is 0 Å². The van der Waals surface area contributed by atoms with E-state index in [4.69, 9.17) is 0 Å². The van der Waals surface area contributed by atoms with Crippen LogP contribution < -0.4 is 0 Å². The predicted molar refractivity (Wildman–Crippen MR) is 137 cm³/mol. The number of phenolic OH excluding ortho intramolecular Hbond substituents is 4. The topological polar surface area (TPSA) is 190 Å². The first-order chi connectivity index (χ1) is 19.0. The third-order valence-electron chi connectivity index (χ3n) is 7.52. The van der Waals surface area contributed by atoms with Crippen molar-refractivity contribution in [2.45, 2.75) is 11.8 Å². The summed E-state index contributed by atoms with van der Waals surface area (Å²) in [7, 11) is 0. The number of carbonyl (C=O) groups is 4. The summed E-state index contributed by atoms with van der Waals surface area (Å²) >= 11 is 0. The molecular formula is C30H18O10. The van der Waals surface area contributed by atoms with Gasteiger partial charge in [0.15, 0.2) is 0 Å². The van der Waals surface area contributed by atoms with Crippen LogP contribution in [0.1, 0.15) is 86.6 Å². The van der Waals surface area contributed by atoms with Gasteiger partial charge in [0, 0.05) is 11.8 Å². The molecule has 0 heterocycles. The lowest BCUT2D eigenvalue weighted by molar-refractivity contribution is 0.0685. The van der Waals surface area contributed by atoms with Gasteiger partial charge in [-0.15, -0.1) is 0 Å². The molecule has 0 unspecified atom stereocenters. The fourth-order valence-electron chi connectivity index (χ4n) is 5.96. The van der Waals surface area contributed by atoms with E-state index in [1.165, 1.54) is 48.5 Å². The molecule has 0 amide bonds. The number of carboxylic acid groups (broad SMARTS) is 2. The molecule has 6 N–H and O–H groups in total. The van der Waals surface area contributed by atoms with Crippen LogP contribution in [0.5, 0.6) is 23.0 Å². The zero-order valence-corrected chi connectivity index (χ0v) is 20.2. The van der Waals surface area contributed by atoms with Gasteiger partial charge in [-0.1, -0.05) is 24.3 Å². The lowest BCUT2D eigenvalue weighted by Crippen LogP contribution is -2.30. The van der Waals surface area contributed by atoms with Crippen LogP contribution in [0.4, 0.5) is 0 Å². The Balaban J connectivity index is 1.79. The van der Waals surface area contributed by atoms with Gasteiger partial charge in [0.25, 0.3) is 0 Å². The summed E-state index contributed by atoms with van der Waals surface area (Å²) in [6.45, 7) is 0. The summed E-state index contributed by atoms with van der Waals surface area (Å²) in [5.41, 5.74) is -1.08. The van der Waals surface area contributed by atoms with E-state index in [0.717, 1.165) is 12.1 Å². The maximum Gasteiger partial charge on any atom is 0.335 e. The molecule has 0 spiro atoms. The minimum absolute atomic E-state index is 0.0420. The van der Waals surface area contributed by atoms with Crippen LogP contribution >= 0.6 is 0 Å². The van der Waals surface area contributed by atoms with Crippen LogP contribution in [0.3, 0.4) is 0 Å². The molecule has 10 nitrogen and oxygen atoms in total. The fourth-order valence-corrected chi connectivity index (χ4v) is 5.96. The number of benzene rings is 4. The summed E-state index contributed by atoms with van der Waals surface area (Å²) in [4.78, 5) is 51.0. The highest BCUT2D eigenvalue weighted by molar-refractivity contribution is 6.18. The van der Waals surface area contributed by atoms with Crippen molar-refractivity contribution in [3.63, 3.8) is 0 Å². The van der Waals surface area contributed by atoms with E-state index in [2.05, 4.69) is 0 Å². The maximum atomic E-state index is 13.6. The van der Waals surface area contributed by atoms with E-state index in [1.807, 2.05) is 0 Å². The van der Waals surface area contributed by atoms with E-state index in [9.17, 15) is 49.8 Å². The quantitative estimate of drug-likeness (QED) is 0.223. The Morgan fingerprint density at radius 2 is 0.850 bits per heavy atom. The molecule has 4 aromatic rings. The molecule has 6 rings (SSSR count). The fraction of sp³-hybridized carbons (Fsp3) is 0.0667. The third-order valence-corrected chi connectivity index (χ3v) is 7.52. The molecular weight excluding hydrogens is 520 g/mol. The SMILES string of the molecule is O=C(O)c1cc(O)c2c(c1)[C@H]([C@H]1c3cccc(O)c3C(=O)c3c(O)cc(C(=O)O)cc31)c1cccc(O)c1C2=O. The Kier molecular flexibility index (Phi) is 5.20. The molecule has 0 aliphatic heterocycles. The maximum absolute atomic E-state index is 13.6. The van der Waals surface area contributed by atoms with E-state index in [-0.39, 0.29) is 55.6 Å². The first kappa shape index (κ1) is 24.7. The third kappa shape index (κ3) is 3.29. The summed E-state index contributed by atoms with van der Waals surface area (Å²) in [6, 6.07) is 12.7. The molecule has 40 heavy (non-hydrogen) atoms. The van der Waals surface area contributed by atoms with Crippen LogP contribution in [-0.2, 0) is 0 Å². The molecule has 2 aliphatic carbocycles. The van der Waals surface area contributed by atoms with Crippen LogP contribution in [0.2, 0.25) is 0 Å². The van der Waals surface area contributed by atoms with E-state index in [0.29, 0.717) is 0 Å². The van der Waals surface area contributed by atoms with Gasteiger partial charge < -0.3 is 30.6 Å². The second kappa shape index (κ2) is 8.43. The minimum atomic E-state index is -1.39. The molecule has 0 saturated heterocycles. The lowest BCUT2D eigenvalue weighted by atomic mass is 9.63. The van der Waals surface area contributed by atoms with Gasteiger partial charge in [0.2, 0.25) is 11.6 Å². The molecule has 10 heteroatoms. The van der Waals surface area contributed by atoms with Crippen molar-refractivity contribution in [1.82, 2.24) is 0 Å². The summed E-state index contributed by atoms with van der Waals surface area (Å²) in [6.07, 6.45) is 0. The van der Waals surface area contributed by atoms with Crippen molar-refractivity contribution in [2.75, 3.05) is 0 Å². The predicted octanol–water partition coefficient (Wildman–Crippen LogP) is 3.96. The van der Waals surface area contributed by atoms with Gasteiger partial charge in [-0.3, -0.25) is 9.59 Å². The van der Waals surface area contributed by atoms with Crippen molar-refractivity contribution in [2.24, 2.45) is 0 Å². The Morgan fingerprint density at radius 1 is 0.500 bits per heavy atom. The number of hydrogen-bond donors (Lipinski definition) is 6. The average molecular weight is 538 g/mol. The molecule has 4 aromatic carbocycles. The Morgan fingerprint density at radius 3 is 1.20 bits per heavy atom. The molecule has 0 aromatic heterocycles. The van der Waals surface area contributed by atoms with Crippen molar-refractivity contribution in [1.29, 1.82) is 0 Å². The van der Waals surface area contributed by atoms with E-state index >= 15 is 0 Å². The monoisotopic (exact) mass is 538 g/mol. The van der Waals surface area contributed by atoms with Gasteiger partial charge in [-0.05, 0) is 58.7 Å². The first-order valence-electron chi connectivity index (χ1n) is 11.9. The summed E-state index contributed by atoms with van der Waals surface area (Å²) < 4.78 is 0. The van der Waals surface area contributed by atoms with Gasteiger partial charge in [0.05, 0.1) is 33.4 Å². The zero-order chi connectivity index (χ0) is 28.6. The highest BCUT2D eigenvalue weighted by Gasteiger charge is 2.45. The Hall–Kier alpha value is -5.64. The van der Waals surface area contributed by atoms with Gasteiger partial charge in [0.1, 0.15) is 23.0 Å². The number of ketones is 2. The van der Waals surface area contributed by atoms with Gasteiger partial charge in [-0.2, -0.15) is 0 Å². The summed E-state index contributed by atoms with van der Waals surface area (Å²) in [5, 5.41) is 62.6. The smallest absolute Gasteiger partial charge is 0.335 e. The number of carbonyl (C=O) groups excluding carboxylic acids is 2. The molecule has 2 atom stereocenters. The number of hydrogen-bond acceptors (Lipinski definition) is 8. The largest absolute Gasteiger partial charge is 0.507 e. The standard InChI is InChI=1S/C30H18O10/c31-17-5-1-3-13-21(15-7-11(29(37)38)9-19(33)25(15)27(35)23(13)17)22-14-4-2-6-18(32)24(14)28(36)26-16(22)8-12(30(39)40)10-20(26)34/h1-10,21-22,31-34H,(H,37,38)(H,39,40)/t21-,22+. The lowest BCUT2D eigenvalue weighted by Gasteiger charge is -2.38.